The van der Waals surface area contributed by atoms with Crippen molar-refractivity contribution >= 4 is 21.6 Å². The smallest absolute Gasteiger partial charge is 0.0733 e. The summed E-state index contributed by atoms with van der Waals surface area (Å²) in [6, 6.07) is 11.6. The second-order valence-corrected chi connectivity index (χ2v) is 3.81. The van der Waals surface area contributed by atoms with Crippen molar-refractivity contribution < 1.29 is 0 Å². The van der Waals surface area contributed by atoms with Crippen LogP contribution >= 0.6 is 15.9 Å². The summed E-state index contributed by atoms with van der Waals surface area (Å²) in [7, 11) is 0. The highest BCUT2D eigenvalue weighted by atomic mass is 79.9. The molecule has 0 unspecified atom stereocenters. The number of aromatic nitrogens is 1. The minimum absolute atomic E-state index is 0.728. The normalized spacial score (nSPS) is 10.1. The minimum atomic E-state index is 0.728. The monoisotopic (exact) mass is 248 g/mol. The molecule has 2 nitrogen and oxygen atoms in total. The summed E-state index contributed by atoms with van der Waals surface area (Å²) in [5.74, 6) is 0. The number of pyridine rings is 1. The molecule has 1 heterocycles. The lowest BCUT2D eigenvalue weighted by Gasteiger charge is -2.03. The Morgan fingerprint density at radius 1 is 1.14 bits per heavy atom. The zero-order chi connectivity index (χ0) is 9.97. The van der Waals surface area contributed by atoms with Gasteiger partial charge in [0.25, 0.3) is 0 Å². The van der Waals surface area contributed by atoms with Gasteiger partial charge in [0.1, 0.15) is 0 Å². The molecule has 0 radical (unpaired) electrons. The van der Waals surface area contributed by atoms with Crippen molar-refractivity contribution in [1.82, 2.24) is 4.98 Å². The summed E-state index contributed by atoms with van der Waals surface area (Å²) in [5.41, 5.74) is 8.36. The third kappa shape index (κ3) is 1.77. The van der Waals surface area contributed by atoms with Crippen LogP contribution in [0, 0.1) is 0 Å². The van der Waals surface area contributed by atoms with Crippen molar-refractivity contribution in [2.45, 2.75) is 0 Å². The van der Waals surface area contributed by atoms with E-state index in [4.69, 9.17) is 5.73 Å². The summed E-state index contributed by atoms with van der Waals surface area (Å²) in [6.07, 6.45) is 1.71. The molecular formula is C11H9BrN2. The number of halogens is 1. The number of hydrogen-bond acceptors (Lipinski definition) is 2. The van der Waals surface area contributed by atoms with E-state index in [1.807, 2.05) is 30.3 Å². The zero-order valence-corrected chi connectivity index (χ0v) is 9.03. The van der Waals surface area contributed by atoms with Gasteiger partial charge in [0.15, 0.2) is 0 Å². The Balaban J connectivity index is 2.55. The lowest BCUT2D eigenvalue weighted by atomic mass is 10.1. The topological polar surface area (TPSA) is 38.9 Å². The molecule has 0 spiro atoms. The Morgan fingerprint density at radius 2 is 1.93 bits per heavy atom. The maximum atomic E-state index is 5.69. The van der Waals surface area contributed by atoms with Gasteiger partial charge in [-0.2, -0.15) is 0 Å². The van der Waals surface area contributed by atoms with E-state index in [-0.39, 0.29) is 0 Å². The van der Waals surface area contributed by atoms with E-state index in [9.17, 15) is 0 Å². The number of nitrogens with two attached hydrogens (primary N) is 1. The third-order valence-electron chi connectivity index (χ3n) is 1.93. The van der Waals surface area contributed by atoms with Gasteiger partial charge >= 0.3 is 0 Å². The molecule has 0 amide bonds. The van der Waals surface area contributed by atoms with E-state index in [2.05, 4.69) is 20.9 Å². The molecular weight excluding hydrogens is 240 g/mol. The van der Waals surface area contributed by atoms with Crippen LogP contribution in [-0.4, -0.2) is 4.98 Å². The first-order chi connectivity index (χ1) is 6.77. The number of rotatable bonds is 1. The molecule has 1 aromatic carbocycles. The van der Waals surface area contributed by atoms with Crippen LogP contribution in [0.5, 0.6) is 0 Å². The summed E-state index contributed by atoms with van der Waals surface area (Å²) < 4.78 is 1.03. The van der Waals surface area contributed by atoms with Crippen molar-refractivity contribution in [3.8, 4) is 11.3 Å². The third-order valence-corrected chi connectivity index (χ3v) is 2.63. The van der Waals surface area contributed by atoms with Gasteiger partial charge in [-0.3, -0.25) is 4.98 Å². The molecule has 70 valence electrons. The fourth-order valence-corrected chi connectivity index (χ4v) is 1.75. The van der Waals surface area contributed by atoms with Gasteiger partial charge in [-0.15, -0.1) is 0 Å². The van der Waals surface area contributed by atoms with Crippen molar-refractivity contribution in [2.75, 3.05) is 5.73 Å². The lowest BCUT2D eigenvalue weighted by Crippen LogP contribution is -1.88. The molecule has 0 saturated heterocycles. The lowest BCUT2D eigenvalue weighted by molar-refractivity contribution is 1.32. The number of nitrogens with zero attached hydrogens (tertiary/aromatic N) is 1. The van der Waals surface area contributed by atoms with E-state index < -0.39 is 0 Å². The van der Waals surface area contributed by atoms with Crippen molar-refractivity contribution in [2.24, 2.45) is 0 Å². The highest BCUT2D eigenvalue weighted by Crippen LogP contribution is 2.26. The van der Waals surface area contributed by atoms with Crippen molar-refractivity contribution in [1.29, 1.82) is 0 Å². The van der Waals surface area contributed by atoms with Gasteiger partial charge in [0, 0.05) is 21.9 Å². The van der Waals surface area contributed by atoms with Gasteiger partial charge in [0.2, 0.25) is 0 Å². The number of benzene rings is 1. The molecule has 3 heteroatoms. The predicted octanol–water partition coefficient (Wildman–Crippen LogP) is 3.09. The molecule has 0 saturated carbocycles. The Bertz CT molecular complexity index is 455. The van der Waals surface area contributed by atoms with Crippen LogP contribution in [0.1, 0.15) is 0 Å². The van der Waals surface area contributed by atoms with E-state index in [1.54, 1.807) is 12.3 Å². The van der Waals surface area contributed by atoms with Gasteiger partial charge in [-0.1, -0.05) is 34.1 Å². The van der Waals surface area contributed by atoms with Crippen LogP contribution in [0.2, 0.25) is 0 Å². The molecule has 0 aliphatic carbocycles. The SMILES string of the molecule is Nc1ccnc(-c2ccccc2Br)c1. The van der Waals surface area contributed by atoms with Gasteiger partial charge in [-0.25, -0.2) is 0 Å². The maximum absolute atomic E-state index is 5.69. The first kappa shape index (κ1) is 9.21. The molecule has 2 N–H and O–H groups in total. The quantitative estimate of drug-likeness (QED) is 0.843. The summed E-state index contributed by atoms with van der Waals surface area (Å²) >= 11 is 3.48. The van der Waals surface area contributed by atoms with Gasteiger partial charge in [-0.05, 0) is 18.2 Å². The van der Waals surface area contributed by atoms with E-state index in [0.29, 0.717) is 0 Å². The molecule has 2 rings (SSSR count). The first-order valence-corrected chi connectivity index (χ1v) is 5.03. The second-order valence-electron chi connectivity index (χ2n) is 2.95. The highest BCUT2D eigenvalue weighted by molar-refractivity contribution is 9.10. The summed E-state index contributed by atoms with van der Waals surface area (Å²) in [5, 5.41) is 0. The van der Waals surface area contributed by atoms with E-state index >= 15 is 0 Å². The van der Waals surface area contributed by atoms with Crippen molar-refractivity contribution in [3.63, 3.8) is 0 Å². The fraction of sp³-hybridized carbons (Fsp3) is 0. The number of nitrogen functional groups attached to an aromatic ring is 1. The van der Waals surface area contributed by atoms with Gasteiger partial charge in [0.05, 0.1) is 5.69 Å². The second kappa shape index (κ2) is 3.80. The van der Waals surface area contributed by atoms with Crippen LogP contribution in [0.25, 0.3) is 11.3 Å². The standard InChI is InChI=1S/C11H9BrN2/c12-10-4-2-1-3-9(10)11-7-8(13)5-6-14-11/h1-7H,(H2,13,14). The van der Waals surface area contributed by atoms with Crippen molar-refractivity contribution in [3.05, 3.63) is 47.1 Å². The van der Waals surface area contributed by atoms with Gasteiger partial charge < -0.3 is 5.73 Å². The number of hydrogen-bond donors (Lipinski definition) is 1. The minimum Gasteiger partial charge on any atom is -0.399 e. The van der Waals surface area contributed by atoms with Crippen LogP contribution in [0.3, 0.4) is 0 Å². The average Bonchev–Trinajstić information content (AvgIpc) is 2.18. The maximum Gasteiger partial charge on any atom is 0.0733 e. The Hall–Kier alpha value is -1.35. The molecule has 0 fully saturated rings. The summed E-state index contributed by atoms with van der Waals surface area (Å²) in [6.45, 7) is 0. The van der Waals surface area contributed by atoms with Crippen LogP contribution < -0.4 is 5.73 Å². The first-order valence-electron chi connectivity index (χ1n) is 4.24. The number of anilines is 1. The van der Waals surface area contributed by atoms with E-state index in [0.717, 1.165) is 21.4 Å². The zero-order valence-electron chi connectivity index (χ0n) is 7.44. The fourth-order valence-electron chi connectivity index (χ4n) is 1.26. The molecule has 0 aliphatic rings. The molecule has 0 aliphatic heterocycles. The Kier molecular flexibility index (Phi) is 2.50. The molecule has 14 heavy (non-hydrogen) atoms. The van der Waals surface area contributed by atoms with Crippen LogP contribution in [0.15, 0.2) is 47.1 Å². The summed E-state index contributed by atoms with van der Waals surface area (Å²) in [4.78, 5) is 4.26. The molecule has 1 aromatic heterocycles. The Labute approximate surface area is 90.9 Å². The predicted molar refractivity (Wildman–Crippen MR) is 61.8 cm³/mol. The molecule has 0 bridgehead atoms. The van der Waals surface area contributed by atoms with Crippen LogP contribution in [-0.2, 0) is 0 Å². The highest BCUT2D eigenvalue weighted by Gasteiger charge is 2.02. The molecule has 2 aromatic rings. The largest absolute Gasteiger partial charge is 0.399 e. The van der Waals surface area contributed by atoms with Crippen LogP contribution in [0.4, 0.5) is 5.69 Å². The van der Waals surface area contributed by atoms with E-state index in [1.165, 1.54) is 0 Å². The average molecular weight is 249 g/mol. The molecule has 0 atom stereocenters. The Morgan fingerprint density at radius 3 is 2.64 bits per heavy atom.